The highest BCUT2D eigenvalue weighted by Gasteiger charge is 2.51. The summed E-state index contributed by atoms with van der Waals surface area (Å²) in [5.74, 6) is -0.194. The Kier molecular flexibility index (Phi) is 4.93. The van der Waals surface area contributed by atoms with E-state index in [-0.39, 0.29) is 39.6 Å². The fourth-order valence-corrected chi connectivity index (χ4v) is 5.45. The number of nitrogen functional groups attached to an aromatic ring is 2. The number of nitrogens with one attached hydrogen (secondary N) is 1. The van der Waals surface area contributed by atoms with Gasteiger partial charge in [0.1, 0.15) is 18.0 Å². The average Bonchev–Trinajstić information content (AvgIpc) is 3.45. The number of hydrogen-bond donors (Lipinski definition) is 3. The van der Waals surface area contributed by atoms with E-state index < -0.39 is 11.7 Å². The van der Waals surface area contributed by atoms with Crippen LogP contribution in [0.3, 0.4) is 0 Å². The van der Waals surface area contributed by atoms with Crippen LogP contribution in [0.2, 0.25) is 0 Å². The number of rotatable bonds is 3. The van der Waals surface area contributed by atoms with Crippen LogP contribution in [-0.4, -0.2) is 56.6 Å². The molecule has 1 spiro atoms. The molecule has 5 N–H and O–H groups in total. The largest absolute Gasteiger partial charge is 0.398 e. The van der Waals surface area contributed by atoms with Gasteiger partial charge >= 0.3 is 0 Å². The maximum Gasteiger partial charge on any atom is 0.258 e. The second-order valence-electron chi connectivity index (χ2n) is 8.92. The van der Waals surface area contributed by atoms with Gasteiger partial charge in [0.05, 0.1) is 17.0 Å². The quantitative estimate of drug-likeness (QED) is 0.396. The Labute approximate surface area is 194 Å². The molecule has 1 aliphatic heterocycles. The molecule has 1 aliphatic carbocycles. The standard InChI is InChI=1S/C22H24ClFN8O/c1-31(2)20(33)17-15(25)4-3-12(18(17)24)11-5-13-19(27-8-11)28-9-22(13)6-14(23)16(7-22)32-10-29-21(26)30-32/h3-5,8,10,14,16H,6-7,9,25H2,1-2H3,(H2,26,30)(H,27,28). The molecule has 11 heteroatoms. The van der Waals surface area contributed by atoms with Crippen LogP contribution < -0.4 is 16.8 Å². The normalized spacial score (nSPS) is 23.5. The highest BCUT2D eigenvalue weighted by Crippen LogP contribution is 2.53. The first-order valence-electron chi connectivity index (χ1n) is 10.6. The zero-order valence-corrected chi connectivity index (χ0v) is 19.0. The minimum Gasteiger partial charge on any atom is -0.398 e. The van der Waals surface area contributed by atoms with E-state index >= 15 is 4.39 Å². The number of amides is 1. The number of pyridine rings is 1. The number of aromatic nitrogens is 4. The molecular weight excluding hydrogens is 447 g/mol. The topological polar surface area (TPSA) is 128 Å². The summed E-state index contributed by atoms with van der Waals surface area (Å²) in [6.45, 7) is 0.664. The van der Waals surface area contributed by atoms with E-state index in [0.717, 1.165) is 11.4 Å². The summed E-state index contributed by atoms with van der Waals surface area (Å²) in [6.07, 6.45) is 4.61. The predicted octanol–water partition coefficient (Wildman–Crippen LogP) is 2.65. The van der Waals surface area contributed by atoms with Gasteiger partial charge in [-0.3, -0.25) is 4.79 Å². The van der Waals surface area contributed by atoms with Crippen LogP contribution in [0.5, 0.6) is 0 Å². The molecule has 33 heavy (non-hydrogen) atoms. The number of hydrogen-bond acceptors (Lipinski definition) is 7. The minimum atomic E-state index is -0.659. The first kappa shape index (κ1) is 21.4. The molecule has 5 rings (SSSR count). The van der Waals surface area contributed by atoms with E-state index in [0.29, 0.717) is 24.9 Å². The van der Waals surface area contributed by atoms with Crippen molar-refractivity contribution in [3.05, 3.63) is 47.7 Å². The molecule has 172 valence electrons. The Morgan fingerprint density at radius 2 is 2.09 bits per heavy atom. The molecule has 0 bridgehead atoms. The van der Waals surface area contributed by atoms with Crippen molar-refractivity contribution in [2.24, 2.45) is 0 Å². The van der Waals surface area contributed by atoms with Crippen molar-refractivity contribution in [3.63, 3.8) is 0 Å². The van der Waals surface area contributed by atoms with Gasteiger partial charge in [-0.2, -0.15) is 0 Å². The molecule has 3 unspecified atom stereocenters. The van der Waals surface area contributed by atoms with Crippen LogP contribution >= 0.6 is 11.6 Å². The second kappa shape index (κ2) is 7.58. The summed E-state index contributed by atoms with van der Waals surface area (Å²) in [6, 6.07) is 4.98. The number of fused-ring (bicyclic) bond motifs is 2. The maximum absolute atomic E-state index is 15.5. The van der Waals surface area contributed by atoms with Gasteiger partial charge in [-0.25, -0.2) is 19.0 Å². The lowest BCUT2D eigenvalue weighted by Crippen LogP contribution is -2.25. The third-order valence-electron chi connectivity index (χ3n) is 6.63. The minimum absolute atomic E-state index is 0.0783. The molecule has 3 aromatic rings. The SMILES string of the molecule is CN(C)C(=O)c1c(N)ccc(-c2cnc3c(c2)C2(CN3)CC(Cl)C(n3cnc(N)n3)C2)c1F. The summed E-state index contributed by atoms with van der Waals surface area (Å²) in [4.78, 5) is 22.4. The third-order valence-corrected chi connectivity index (χ3v) is 7.07. The lowest BCUT2D eigenvalue weighted by molar-refractivity contribution is 0.0824. The Balaban J connectivity index is 1.55. The van der Waals surface area contributed by atoms with Crippen molar-refractivity contribution in [3.8, 4) is 11.1 Å². The summed E-state index contributed by atoms with van der Waals surface area (Å²) >= 11 is 6.75. The molecule has 0 radical (unpaired) electrons. The molecule has 1 amide bonds. The van der Waals surface area contributed by atoms with Crippen LogP contribution in [0.4, 0.5) is 21.8 Å². The fourth-order valence-electron chi connectivity index (χ4n) is 4.95. The first-order valence-corrected chi connectivity index (χ1v) is 11.0. The van der Waals surface area contributed by atoms with E-state index in [1.807, 2.05) is 6.07 Å². The Morgan fingerprint density at radius 3 is 2.79 bits per heavy atom. The van der Waals surface area contributed by atoms with Gasteiger partial charge in [0, 0.05) is 54.6 Å². The van der Waals surface area contributed by atoms with Gasteiger partial charge in [-0.05, 0) is 31.0 Å². The van der Waals surface area contributed by atoms with Crippen molar-refractivity contribution in [1.29, 1.82) is 0 Å². The highest BCUT2D eigenvalue weighted by atomic mass is 35.5. The van der Waals surface area contributed by atoms with Gasteiger partial charge in [0.2, 0.25) is 5.95 Å². The smallest absolute Gasteiger partial charge is 0.258 e. The van der Waals surface area contributed by atoms with Crippen molar-refractivity contribution < 1.29 is 9.18 Å². The molecule has 0 saturated heterocycles. The molecule has 1 fully saturated rings. The molecular formula is C22H24ClFN8O. The number of alkyl halides is 1. The third kappa shape index (κ3) is 3.36. The zero-order chi connectivity index (χ0) is 23.5. The van der Waals surface area contributed by atoms with Crippen molar-refractivity contribution in [2.45, 2.75) is 29.7 Å². The number of carbonyl (C=O) groups is 1. The summed E-state index contributed by atoms with van der Waals surface area (Å²) in [7, 11) is 3.12. The van der Waals surface area contributed by atoms with Crippen molar-refractivity contribution >= 4 is 35.0 Å². The van der Waals surface area contributed by atoms with Crippen LogP contribution in [0, 0.1) is 5.82 Å². The molecule has 1 aromatic carbocycles. The number of anilines is 3. The second-order valence-corrected chi connectivity index (χ2v) is 9.48. The van der Waals surface area contributed by atoms with E-state index in [4.69, 9.17) is 23.1 Å². The van der Waals surface area contributed by atoms with Crippen molar-refractivity contribution in [1.82, 2.24) is 24.6 Å². The molecule has 3 heterocycles. The van der Waals surface area contributed by atoms with E-state index in [1.165, 1.54) is 4.90 Å². The van der Waals surface area contributed by atoms with E-state index in [1.54, 1.807) is 43.4 Å². The van der Waals surface area contributed by atoms with Crippen LogP contribution in [0.15, 0.2) is 30.7 Å². The number of benzene rings is 1. The molecule has 3 atom stereocenters. The van der Waals surface area contributed by atoms with Gasteiger partial charge in [-0.15, -0.1) is 16.7 Å². The van der Waals surface area contributed by atoms with Crippen LogP contribution in [0.25, 0.3) is 11.1 Å². The molecule has 1 saturated carbocycles. The van der Waals surface area contributed by atoms with Gasteiger partial charge in [0.25, 0.3) is 5.91 Å². The average molecular weight is 471 g/mol. The predicted molar refractivity (Wildman–Crippen MR) is 125 cm³/mol. The van der Waals surface area contributed by atoms with Crippen molar-refractivity contribution in [2.75, 3.05) is 37.4 Å². The van der Waals surface area contributed by atoms with Crippen LogP contribution in [0.1, 0.15) is 34.8 Å². The molecule has 2 aromatic heterocycles. The molecule has 9 nitrogen and oxygen atoms in total. The Hall–Kier alpha value is -3.40. The Morgan fingerprint density at radius 1 is 1.30 bits per heavy atom. The first-order chi connectivity index (χ1) is 15.7. The zero-order valence-electron chi connectivity index (χ0n) is 18.2. The van der Waals surface area contributed by atoms with Gasteiger partial charge < -0.3 is 21.7 Å². The number of nitrogens with zero attached hydrogens (tertiary/aromatic N) is 5. The fraction of sp³-hybridized carbons (Fsp3) is 0.364. The monoisotopic (exact) mass is 470 g/mol. The summed E-state index contributed by atoms with van der Waals surface area (Å²) in [5.41, 5.74) is 13.1. The van der Waals surface area contributed by atoms with Gasteiger partial charge in [-0.1, -0.05) is 0 Å². The number of halogens is 2. The maximum atomic E-state index is 15.5. The van der Waals surface area contributed by atoms with E-state index in [9.17, 15) is 4.79 Å². The summed E-state index contributed by atoms with van der Waals surface area (Å²) in [5, 5.41) is 7.43. The highest BCUT2D eigenvalue weighted by molar-refractivity contribution is 6.21. The lowest BCUT2D eigenvalue weighted by atomic mass is 9.80. The van der Waals surface area contributed by atoms with Gasteiger partial charge in [0.15, 0.2) is 0 Å². The van der Waals surface area contributed by atoms with E-state index in [2.05, 4.69) is 20.4 Å². The lowest BCUT2D eigenvalue weighted by Gasteiger charge is -2.23. The Bertz CT molecular complexity index is 1260. The number of carbonyl (C=O) groups excluding carboxylic acids is 1. The summed E-state index contributed by atoms with van der Waals surface area (Å²) < 4.78 is 17.2. The van der Waals surface area contributed by atoms with Crippen LogP contribution in [-0.2, 0) is 5.41 Å². The molecule has 2 aliphatic rings. The number of nitrogens with two attached hydrogens (primary N) is 2.